The summed E-state index contributed by atoms with van der Waals surface area (Å²) in [5.41, 5.74) is 12.5. The number of nitrogens with two attached hydrogens (primary N) is 2. The van der Waals surface area contributed by atoms with Crippen molar-refractivity contribution in [2.45, 2.75) is 0 Å². The van der Waals surface area contributed by atoms with E-state index in [1.807, 2.05) is 19.0 Å². The zero-order chi connectivity index (χ0) is 11.9. The average molecular weight is 236 g/mol. The minimum absolute atomic E-state index is 0.395. The molecule has 6 heteroatoms. The van der Waals surface area contributed by atoms with Gasteiger partial charge in [-0.05, 0) is 0 Å². The lowest BCUT2D eigenvalue weighted by molar-refractivity contribution is 0.100. The second-order valence-corrected chi connectivity index (χ2v) is 4.69. The Balaban J connectivity index is 2.82. The number of carbonyl (C=O) groups is 1. The number of nitrogens with zero attached hydrogens (tertiary/aromatic N) is 2. The molecule has 84 valence electrons. The fourth-order valence-corrected chi connectivity index (χ4v) is 2.54. The molecule has 2 heterocycles. The number of primary amides is 1. The zero-order valence-electron chi connectivity index (χ0n) is 9.02. The first-order valence-electron chi connectivity index (χ1n) is 4.65. The number of amides is 1. The normalized spacial score (nSPS) is 10.6. The van der Waals surface area contributed by atoms with Crippen molar-refractivity contribution in [1.29, 1.82) is 0 Å². The number of nitrogen functional groups attached to an aromatic ring is 1. The van der Waals surface area contributed by atoms with Crippen LogP contribution in [0, 0.1) is 0 Å². The predicted octanol–water partition coefficient (Wildman–Crippen LogP) is 1.04. The van der Waals surface area contributed by atoms with Crippen molar-refractivity contribution in [3.63, 3.8) is 0 Å². The van der Waals surface area contributed by atoms with Gasteiger partial charge in [0.05, 0.1) is 22.3 Å². The molecule has 2 aromatic heterocycles. The highest BCUT2D eigenvalue weighted by atomic mass is 32.1. The van der Waals surface area contributed by atoms with Crippen LogP contribution in [-0.4, -0.2) is 25.0 Å². The monoisotopic (exact) mass is 236 g/mol. The molecular weight excluding hydrogens is 224 g/mol. The summed E-state index contributed by atoms with van der Waals surface area (Å²) >= 11 is 1.27. The Kier molecular flexibility index (Phi) is 2.43. The van der Waals surface area contributed by atoms with Gasteiger partial charge < -0.3 is 16.4 Å². The van der Waals surface area contributed by atoms with E-state index < -0.39 is 5.91 Å². The Bertz CT molecular complexity index is 561. The molecule has 0 aliphatic carbocycles. The van der Waals surface area contributed by atoms with Gasteiger partial charge in [-0.25, -0.2) is 0 Å². The van der Waals surface area contributed by atoms with Crippen LogP contribution in [0.1, 0.15) is 9.67 Å². The molecule has 2 aromatic rings. The van der Waals surface area contributed by atoms with Gasteiger partial charge in [-0.2, -0.15) is 0 Å². The summed E-state index contributed by atoms with van der Waals surface area (Å²) in [6.45, 7) is 0. The van der Waals surface area contributed by atoms with Crippen LogP contribution in [0.5, 0.6) is 0 Å². The summed E-state index contributed by atoms with van der Waals surface area (Å²) in [6, 6.07) is 0. The Labute approximate surface area is 96.7 Å². The molecule has 0 bridgehead atoms. The SMILES string of the molecule is CN(C)c1cncc2sc(C(N)=O)c(N)c12. The number of hydrogen-bond acceptors (Lipinski definition) is 5. The van der Waals surface area contributed by atoms with Crippen LogP contribution >= 0.6 is 11.3 Å². The van der Waals surface area contributed by atoms with E-state index in [1.165, 1.54) is 11.3 Å². The molecule has 0 saturated heterocycles. The molecular formula is C10H12N4OS. The van der Waals surface area contributed by atoms with Crippen molar-refractivity contribution < 1.29 is 4.79 Å². The number of carbonyl (C=O) groups excluding carboxylic acids is 1. The molecule has 2 rings (SSSR count). The number of aromatic nitrogens is 1. The zero-order valence-corrected chi connectivity index (χ0v) is 9.84. The van der Waals surface area contributed by atoms with E-state index in [0.29, 0.717) is 10.6 Å². The maximum absolute atomic E-state index is 11.2. The number of anilines is 2. The summed E-state index contributed by atoms with van der Waals surface area (Å²) in [5.74, 6) is -0.497. The Morgan fingerprint density at radius 1 is 1.44 bits per heavy atom. The van der Waals surface area contributed by atoms with Gasteiger partial charge in [-0.1, -0.05) is 0 Å². The molecule has 5 nitrogen and oxygen atoms in total. The minimum atomic E-state index is -0.497. The van der Waals surface area contributed by atoms with E-state index >= 15 is 0 Å². The van der Waals surface area contributed by atoms with E-state index in [9.17, 15) is 4.79 Å². The molecule has 0 aliphatic heterocycles. The van der Waals surface area contributed by atoms with Crippen molar-refractivity contribution >= 4 is 38.7 Å². The van der Waals surface area contributed by atoms with E-state index in [0.717, 1.165) is 15.8 Å². The van der Waals surface area contributed by atoms with Gasteiger partial charge in [0.1, 0.15) is 4.88 Å². The number of thiophene rings is 1. The molecule has 16 heavy (non-hydrogen) atoms. The smallest absolute Gasteiger partial charge is 0.260 e. The van der Waals surface area contributed by atoms with E-state index in [-0.39, 0.29) is 0 Å². The third-order valence-corrected chi connectivity index (χ3v) is 3.48. The van der Waals surface area contributed by atoms with E-state index in [1.54, 1.807) is 12.4 Å². The van der Waals surface area contributed by atoms with Crippen LogP contribution in [0.15, 0.2) is 12.4 Å². The largest absolute Gasteiger partial charge is 0.397 e. The quantitative estimate of drug-likeness (QED) is 0.816. The Hall–Kier alpha value is -1.82. The molecule has 0 spiro atoms. The van der Waals surface area contributed by atoms with E-state index in [4.69, 9.17) is 11.5 Å². The van der Waals surface area contributed by atoms with Crippen LogP contribution < -0.4 is 16.4 Å². The fraction of sp³-hybridized carbons (Fsp3) is 0.200. The summed E-state index contributed by atoms with van der Waals surface area (Å²) in [4.78, 5) is 17.6. The second kappa shape index (κ2) is 3.64. The van der Waals surface area contributed by atoms with Gasteiger partial charge in [0, 0.05) is 25.7 Å². The molecule has 0 atom stereocenters. The first-order valence-corrected chi connectivity index (χ1v) is 5.47. The van der Waals surface area contributed by atoms with Crippen LogP contribution in [-0.2, 0) is 0 Å². The Morgan fingerprint density at radius 2 is 2.12 bits per heavy atom. The van der Waals surface area contributed by atoms with Crippen LogP contribution in [0.25, 0.3) is 10.1 Å². The number of fused-ring (bicyclic) bond motifs is 1. The van der Waals surface area contributed by atoms with Gasteiger partial charge in [-0.3, -0.25) is 9.78 Å². The molecule has 1 amide bonds. The minimum Gasteiger partial charge on any atom is -0.397 e. The number of hydrogen-bond donors (Lipinski definition) is 2. The highest BCUT2D eigenvalue weighted by Crippen LogP contribution is 2.38. The molecule has 0 fully saturated rings. The molecule has 0 unspecified atom stereocenters. The fourth-order valence-electron chi connectivity index (χ4n) is 1.58. The summed E-state index contributed by atoms with van der Waals surface area (Å²) < 4.78 is 0.873. The molecule has 0 radical (unpaired) electrons. The van der Waals surface area contributed by atoms with Crippen molar-refractivity contribution in [2.75, 3.05) is 24.7 Å². The third-order valence-electron chi connectivity index (χ3n) is 2.32. The summed E-state index contributed by atoms with van der Waals surface area (Å²) in [5, 5.41) is 0.846. The number of pyridine rings is 1. The van der Waals surface area contributed by atoms with Crippen molar-refractivity contribution in [2.24, 2.45) is 5.73 Å². The molecule has 0 aliphatic rings. The van der Waals surface area contributed by atoms with Gasteiger partial charge in [-0.15, -0.1) is 11.3 Å². The standard InChI is InChI=1S/C10H12N4OS/c1-14(2)5-3-13-4-6-7(5)8(11)9(16-6)10(12)15/h3-4H,11H2,1-2H3,(H2,12,15). The average Bonchev–Trinajstić information content (AvgIpc) is 2.56. The summed E-state index contributed by atoms with van der Waals surface area (Å²) in [6.07, 6.45) is 3.41. The van der Waals surface area contributed by atoms with E-state index in [2.05, 4.69) is 4.98 Å². The Morgan fingerprint density at radius 3 is 2.69 bits per heavy atom. The van der Waals surface area contributed by atoms with Crippen molar-refractivity contribution in [1.82, 2.24) is 4.98 Å². The van der Waals surface area contributed by atoms with Gasteiger partial charge in [0.25, 0.3) is 5.91 Å². The van der Waals surface area contributed by atoms with Crippen molar-refractivity contribution in [3.8, 4) is 0 Å². The van der Waals surface area contributed by atoms with Gasteiger partial charge in [0.2, 0.25) is 0 Å². The summed E-state index contributed by atoms with van der Waals surface area (Å²) in [7, 11) is 3.80. The second-order valence-electron chi connectivity index (χ2n) is 3.64. The first-order chi connectivity index (χ1) is 7.52. The topological polar surface area (TPSA) is 85.2 Å². The highest BCUT2D eigenvalue weighted by Gasteiger charge is 2.17. The molecule has 4 N–H and O–H groups in total. The van der Waals surface area contributed by atoms with Crippen molar-refractivity contribution in [3.05, 3.63) is 17.3 Å². The van der Waals surface area contributed by atoms with Gasteiger partial charge >= 0.3 is 0 Å². The third kappa shape index (κ3) is 1.47. The van der Waals surface area contributed by atoms with Crippen LogP contribution in [0.4, 0.5) is 11.4 Å². The first kappa shape index (κ1) is 10.7. The lowest BCUT2D eigenvalue weighted by atomic mass is 10.2. The molecule has 0 aromatic carbocycles. The highest BCUT2D eigenvalue weighted by molar-refractivity contribution is 7.21. The van der Waals surface area contributed by atoms with Crippen LogP contribution in [0.2, 0.25) is 0 Å². The van der Waals surface area contributed by atoms with Gasteiger partial charge in [0.15, 0.2) is 0 Å². The maximum atomic E-state index is 11.2. The van der Waals surface area contributed by atoms with Crippen LogP contribution in [0.3, 0.4) is 0 Å². The maximum Gasteiger partial charge on any atom is 0.260 e. The molecule has 0 saturated carbocycles. The predicted molar refractivity (Wildman–Crippen MR) is 66.9 cm³/mol. The lowest BCUT2D eigenvalue weighted by Gasteiger charge is -2.13. The lowest BCUT2D eigenvalue weighted by Crippen LogP contribution is -2.12. The number of rotatable bonds is 2.